The van der Waals surface area contributed by atoms with Gasteiger partial charge in [0.25, 0.3) is 0 Å². The molecule has 7 nitrogen and oxygen atoms in total. The summed E-state index contributed by atoms with van der Waals surface area (Å²) in [5.74, 6) is 0.145. The SMILES string of the molecule is Cc1ccc(C)c(C=Nn2c(SCC(=O)O)nnc2-c2ccoc2C)c1. The lowest BCUT2D eigenvalue weighted by Crippen LogP contribution is -2.02. The number of furan rings is 1. The van der Waals surface area contributed by atoms with Crippen LogP contribution < -0.4 is 0 Å². The van der Waals surface area contributed by atoms with Crippen LogP contribution in [0.15, 0.2) is 45.2 Å². The van der Waals surface area contributed by atoms with Gasteiger partial charge in [-0.05, 0) is 38.0 Å². The van der Waals surface area contributed by atoms with Crippen LogP contribution in [-0.2, 0) is 4.79 Å². The van der Waals surface area contributed by atoms with Gasteiger partial charge in [0, 0.05) is 0 Å². The minimum absolute atomic E-state index is 0.124. The first-order valence-electron chi connectivity index (χ1n) is 7.92. The number of hydrogen-bond acceptors (Lipinski definition) is 6. The summed E-state index contributed by atoms with van der Waals surface area (Å²) in [4.78, 5) is 10.9. The van der Waals surface area contributed by atoms with E-state index in [1.165, 1.54) is 0 Å². The van der Waals surface area contributed by atoms with E-state index in [9.17, 15) is 4.79 Å². The van der Waals surface area contributed by atoms with Crippen LogP contribution in [0.2, 0.25) is 0 Å². The highest BCUT2D eigenvalue weighted by Gasteiger charge is 2.18. The highest BCUT2D eigenvalue weighted by molar-refractivity contribution is 7.99. The van der Waals surface area contributed by atoms with Gasteiger partial charge in [-0.15, -0.1) is 10.2 Å². The van der Waals surface area contributed by atoms with Crippen molar-refractivity contribution in [1.29, 1.82) is 0 Å². The Kier molecular flexibility index (Phi) is 5.22. The zero-order chi connectivity index (χ0) is 18.7. The number of benzene rings is 1. The van der Waals surface area contributed by atoms with E-state index in [2.05, 4.69) is 15.3 Å². The summed E-state index contributed by atoms with van der Waals surface area (Å²) in [5, 5.41) is 22.1. The normalized spacial score (nSPS) is 11.3. The number of aryl methyl sites for hydroxylation is 3. The monoisotopic (exact) mass is 370 g/mol. The van der Waals surface area contributed by atoms with E-state index in [1.807, 2.05) is 39.0 Å². The van der Waals surface area contributed by atoms with Crippen LogP contribution in [0.25, 0.3) is 11.4 Å². The molecule has 0 atom stereocenters. The van der Waals surface area contributed by atoms with E-state index in [4.69, 9.17) is 9.52 Å². The van der Waals surface area contributed by atoms with Crippen molar-refractivity contribution >= 4 is 23.9 Å². The zero-order valence-corrected chi connectivity index (χ0v) is 15.4. The molecule has 0 aliphatic heterocycles. The number of carbonyl (C=O) groups is 1. The molecular weight excluding hydrogens is 352 g/mol. The van der Waals surface area contributed by atoms with Crippen LogP contribution in [0.5, 0.6) is 0 Å². The van der Waals surface area contributed by atoms with Crippen molar-refractivity contribution in [3.05, 3.63) is 53.0 Å². The number of aromatic nitrogens is 3. The highest BCUT2D eigenvalue weighted by Crippen LogP contribution is 2.27. The first-order valence-corrected chi connectivity index (χ1v) is 8.90. The van der Waals surface area contributed by atoms with Crippen molar-refractivity contribution in [2.75, 3.05) is 5.75 Å². The summed E-state index contributed by atoms with van der Waals surface area (Å²) < 4.78 is 6.89. The summed E-state index contributed by atoms with van der Waals surface area (Å²) in [6, 6.07) is 7.90. The largest absolute Gasteiger partial charge is 0.481 e. The van der Waals surface area contributed by atoms with Gasteiger partial charge in [-0.2, -0.15) is 9.78 Å². The van der Waals surface area contributed by atoms with E-state index >= 15 is 0 Å². The number of carboxylic acid groups (broad SMARTS) is 1. The maximum absolute atomic E-state index is 10.9. The van der Waals surface area contributed by atoms with Gasteiger partial charge in [0.15, 0.2) is 5.82 Å². The van der Waals surface area contributed by atoms with Crippen molar-refractivity contribution in [2.24, 2.45) is 5.10 Å². The van der Waals surface area contributed by atoms with Gasteiger partial charge >= 0.3 is 5.97 Å². The molecule has 2 aromatic heterocycles. The van der Waals surface area contributed by atoms with E-state index in [0.717, 1.165) is 34.0 Å². The lowest BCUT2D eigenvalue weighted by molar-refractivity contribution is -0.133. The van der Waals surface area contributed by atoms with Gasteiger partial charge in [-0.25, -0.2) is 0 Å². The van der Waals surface area contributed by atoms with Crippen LogP contribution in [0.3, 0.4) is 0 Å². The molecule has 26 heavy (non-hydrogen) atoms. The molecule has 0 spiro atoms. The quantitative estimate of drug-likeness (QED) is 0.527. The Morgan fingerprint density at radius 2 is 2.12 bits per heavy atom. The molecule has 2 heterocycles. The highest BCUT2D eigenvalue weighted by atomic mass is 32.2. The Hall–Kier alpha value is -2.87. The van der Waals surface area contributed by atoms with Gasteiger partial charge in [-0.1, -0.05) is 35.5 Å². The summed E-state index contributed by atoms with van der Waals surface area (Å²) in [6.07, 6.45) is 3.30. The number of carboxylic acids is 1. The summed E-state index contributed by atoms with van der Waals surface area (Å²) in [6.45, 7) is 5.85. The van der Waals surface area contributed by atoms with Crippen LogP contribution in [0.4, 0.5) is 0 Å². The van der Waals surface area contributed by atoms with Gasteiger partial charge in [0.05, 0.1) is 23.8 Å². The minimum atomic E-state index is -0.927. The molecule has 1 N–H and O–H groups in total. The summed E-state index contributed by atoms with van der Waals surface area (Å²) >= 11 is 1.07. The zero-order valence-electron chi connectivity index (χ0n) is 14.6. The van der Waals surface area contributed by atoms with Crippen molar-refractivity contribution in [3.63, 3.8) is 0 Å². The molecule has 1 aromatic carbocycles. The van der Waals surface area contributed by atoms with Gasteiger partial charge in [-0.3, -0.25) is 4.79 Å². The van der Waals surface area contributed by atoms with Crippen molar-refractivity contribution < 1.29 is 14.3 Å². The molecule has 0 unspecified atom stereocenters. The smallest absolute Gasteiger partial charge is 0.313 e. The average Bonchev–Trinajstić information content (AvgIpc) is 3.19. The van der Waals surface area contributed by atoms with Crippen molar-refractivity contribution in [3.8, 4) is 11.4 Å². The molecule has 8 heteroatoms. The molecule has 134 valence electrons. The third kappa shape index (κ3) is 3.85. The lowest BCUT2D eigenvalue weighted by atomic mass is 10.1. The van der Waals surface area contributed by atoms with E-state index < -0.39 is 5.97 Å². The van der Waals surface area contributed by atoms with Crippen LogP contribution in [0, 0.1) is 20.8 Å². The summed E-state index contributed by atoms with van der Waals surface area (Å²) in [5.41, 5.74) is 3.96. The number of rotatable bonds is 6. The molecule has 0 aliphatic carbocycles. The molecule has 3 aromatic rings. The Bertz CT molecular complexity index is 975. The fourth-order valence-corrected chi connectivity index (χ4v) is 3.00. The molecule has 0 saturated carbocycles. The predicted octanol–water partition coefficient (Wildman–Crippen LogP) is 3.52. The lowest BCUT2D eigenvalue weighted by Gasteiger charge is -2.05. The molecule has 0 radical (unpaired) electrons. The molecule has 0 bridgehead atoms. The number of thioether (sulfide) groups is 1. The standard InChI is InChI=1S/C18H18N4O3S/c1-11-4-5-12(2)14(8-11)9-19-22-17(15-6-7-25-13(15)3)20-21-18(22)26-10-16(23)24/h4-9H,10H2,1-3H3,(H,23,24). The number of hydrogen-bond donors (Lipinski definition) is 1. The predicted molar refractivity (Wildman–Crippen MR) is 99.7 cm³/mol. The number of nitrogens with zero attached hydrogens (tertiary/aromatic N) is 4. The second kappa shape index (κ2) is 7.57. The van der Waals surface area contributed by atoms with Gasteiger partial charge < -0.3 is 9.52 Å². The van der Waals surface area contributed by atoms with Crippen LogP contribution >= 0.6 is 11.8 Å². The van der Waals surface area contributed by atoms with E-state index in [-0.39, 0.29) is 5.75 Å². The van der Waals surface area contributed by atoms with Gasteiger partial charge in [0.2, 0.25) is 5.16 Å². The average molecular weight is 370 g/mol. The van der Waals surface area contributed by atoms with Crippen LogP contribution in [-0.4, -0.2) is 37.9 Å². The second-order valence-electron chi connectivity index (χ2n) is 5.80. The molecular formula is C18H18N4O3S. The van der Waals surface area contributed by atoms with Gasteiger partial charge in [0.1, 0.15) is 5.76 Å². The number of aliphatic carboxylic acids is 1. The third-order valence-corrected chi connectivity index (χ3v) is 4.69. The minimum Gasteiger partial charge on any atom is -0.481 e. The van der Waals surface area contributed by atoms with Crippen molar-refractivity contribution in [2.45, 2.75) is 25.9 Å². The fourth-order valence-electron chi connectivity index (χ4n) is 2.39. The molecule has 0 saturated heterocycles. The maximum Gasteiger partial charge on any atom is 0.313 e. The first-order chi connectivity index (χ1) is 12.5. The second-order valence-corrected chi connectivity index (χ2v) is 6.74. The molecule has 0 aliphatic rings. The van der Waals surface area contributed by atoms with Crippen LogP contribution in [0.1, 0.15) is 22.5 Å². The molecule has 0 amide bonds. The van der Waals surface area contributed by atoms with E-state index in [1.54, 1.807) is 23.2 Å². The Morgan fingerprint density at radius 3 is 2.81 bits per heavy atom. The summed E-state index contributed by atoms with van der Waals surface area (Å²) in [7, 11) is 0. The Morgan fingerprint density at radius 1 is 1.31 bits per heavy atom. The topological polar surface area (TPSA) is 93.5 Å². The maximum atomic E-state index is 10.9. The third-order valence-electron chi connectivity index (χ3n) is 3.78. The van der Waals surface area contributed by atoms with Crippen molar-refractivity contribution in [1.82, 2.24) is 14.9 Å². The Balaban J connectivity index is 2.03. The first kappa shape index (κ1) is 17.9. The Labute approximate surface area is 154 Å². The molecule has 3 rings (SSSR count). The fraction of sp³-hybridized carbons (Fsp3) is 0.222. The van der Waals surface area contributed by atoms with E-state index in [0.29, 0.717) is 16.7 Å². The molecule has 0 fully saturated rings.